The van der Waals surface area contributed by atoms with Crippen LogP contribution in [0.5, 0.6) is 0 Å². The molecule has 4 rings (SSSR count). The van der Waals surface area contributed by atoms with Crippen molar-refractivity contribution in [3.8, 4) is 0 Å². The SMILES string of the molecule is CN1C2CCCC1CC(NC(=O)c1cc3c(Cl)cc(Cl)cc3[nH]1)C2. The molecule has 0 spiro atoms. The fraction of sp³-hybridized carbons (Fsp3) is 0.500. The minimum Gasteiger partial charge on any atom is -0.350 e. The summed E-state index contributed by atoms with van der Waals surface area (Å²) in [6.07, 6.45) is 5.85. The van der Waals surface area contributed by atoms with Gasteiger partial charge in [0.15, 0.2) is 0 Å². The average Bonchev–Trinajstić information content (AvgIpc) is 2.92. The molecule has 2 aliphatic rings. The molecule has 0 aliphatic carbocycles. The lowest BCUT2D eigenvalue weighted by Crippen LogP contribution is -2.55. The highest BCUT2D eigenvalue weighted by Crippen LogP contribution is 2.33. The predicted octanol–water partition coefficient (Wildman–Crippen LogP) is 4.22. The van der Waals surface area contributed by atoms with Crippen LogP contribution in [0.3, 0.4) is 0 Å². The third-order valence-electron chi connectivity index (χ3n) is 5.57. The van der Waals surface area contributed by atoms with Crippen molar-refractivity contribution in [3.63, 3.8) is 0 Å². The van der Waals surface area contributed by atoms with Gasteiger partial charge in [0.2, 0.25) is 0 Å². The summed E-state index contributed by atoms with van der Waals surface area (Å²) in [4.78, 5) is 18.3. The number of H-pyrrole nitrogens is 1. The van der Waals surface area contributed by atoms with E-state index in [0.29, 0.717) is 27.8 Å². The molecule has 4 nitrogen and oxygen atoms in total. The van der Waals surface area contributed by atoms with Crippen LogP contribution < -0.4 is 5.32 Å². The molecule has 24 heavy (non-hydrogen) atoms. The largest absolute Gasteiger partial charge is 0.350 e. The third-order valence-corrected chi connectivity index (χ3v) is 6.10. The van der Waals surface area contributed by atoms with Gasteiger partial charge in [0.05, 0.1) is 5.02 Å². The van der Waals surface area contributed by atoms with Crippen LogP contribution in [0.25, 0.3) is 10.9 Å². The molecular weight excluding hydrogens is 345 g/mol. The quantitative estimate of drug-likeness (QED) is 0.836. The number of nitrogens with zero attached hydrogens (tertiary/aromatic N) is 1. The molecule has 2 bridgehead atoms. The molecule has 1 aromatic heterocycles. The Hall–Kier alpha value is -1.23. The molecule has 1 amide bonds. The van der Waals surface area contributed by atoms with Gasteiger partial charge in [0.25, 0.3) is 5.91 Å². The zero-order chi connectivity index (χ0) is 16.8. The summed E-state index contributed by atoms with van der Waals surface area (Å²) in [6.45, 7) is 0. The Balaban J connectivity index is 1.51. The number of piperidine rings is 2. The highest BCUT2D eigenvalue weighted by molar-refractivity contribution is 6.38. The van der Waals surface area contributed by atoms with Crippen LogP contribution in [0.15, 0.2) is 18.2 Å². The van der Waals surface area contributed by atoms with E-state index in [-0.39, 0.29) is 11.9 Å². The van der Waals surface area contributed by atoms with Gasteiger partial charge in [-0.3, -0.25) is 4.79 Å². The van der Waals surface area contributed by atoms with Gasteiger partial charge in [-0.25, -0.2) is 0 Å². The maximum absolute atomic E-state index is 12.6. The van der Waals surface area contributed by atoms with Crippen LogP contribution >= 0.6 is 23.2 Å². The number of fused-ring (bicyclic) bond motifs is 3. The normalized spacial score (nSPS) is 27.4. The number of aromatic nitrogens is 1. The number of hydrogen-bond acceptors (Lipinski definition) is 2. The second kappa shape index (κ2) is 6.25. The highest BCUT2D eigenvalue weighted by Gasteiger charge is 2.36. The Bertz CT molecular complexity index is 774. The number of rotatable bonds is 2. The Morgan fingerprint density at radius 3 is 2.62 bits per heavy atom. The summed E-state index contributed by atoms with van der Waals surface area (Å²) < 4.78 is 0. The Labute approximate surface area is 151 Å². The fourth-order valence-corrected chi connectivity index (χ4v) is 4.83. The van der Waals surface area contributed by atoms with E-state index < -0.39 is 0 Å². The van der Waals surface area contributed by atoms with E-state index in [0.717, 1.165) is 23.7 Å². The number of aromatic amines is 1. The number of halogens is 2. The number of nitrogens with one attached hydrogen (secondary N) is 2. The summed E-state index contributed by atoms with van der Waals surface area (Å²) in [7, 11) is 2.22. The maximum Gasteiger partial charge on any atom is 0.267 e. The van der Waals surface area contributed by atoms with Gasteiger partial charge in [-0.05, 0) is 50.9 Å². The molecule has 3 heterocycles. The van der Waals surface area contributed by atoms with Gasteiger partial charge >= 0.3 is 0 Å². The molecule has 2 aromatic rings. The molecule has 2 saturated heterocycles. The molecular formula is C18H21Cl2N3O. The van der Waals surface area contributed by atoms with Gasteiger partial charge in [0, 0.05) is 34.1 Å². The summed E-state index contributed by atoms with van der Waals surface area (Å²) in [5.41, 5.74) is 1.33. The monoisotopic (exact) mass is 365 g/mol. The summed E-state index contributed by atoms with van der Waals surface area (Å²) in [6, 6.07) is 6.73. The van der Waals surface area contributed by atoms with Crippen molar-refractivity contribution < 1.29 is 4.79 Å². The van der Waals surface area contributed by atoms with Crippen molar-refractivity contribution in [2.45, 2.75) is 50.2 Å². The van der Waals surface area contributed by atoms with Gasteiger partial charge in [-0.1, -0.05) is 29.6 Å². The number of benzene rings is 1. The number of hydrogen-bond donors (Lipinski definition) is 2. The molecule has 0 saturated carbocycles. The molecule has 0 radical (unpaired) electrons. The third kappa shape index (κ3) is 2.92. The van der Waals surface area contributed by atoms with Crippen LogP contribution in [-0.4, -0.2) is 41.0 Å². The van der Waals surface area contributed by atoms with Crippen molar-refractivity contribution in [2.24, 2.45) is 0 Å². The predicted molar refractivity (Wildman–Crippen MR) is 98.0 cm³/mol. The van der Waals surface area contributed by atoms with Crippen molar-refractivity contribution in [2.75, 3.05) is 7.05 Å². The highest BCUT2D eigenvalue weighted by atomic mass is 35.5. The topological polar surface area (TPSA) is 48.1 Å². The van der Waals surface area contributed by atoms with Gasteiger partial charge in [-0.2, -0.15) is 0 Å². The summed E-state index contributed by atoms with van der Waals surface area (Å²) >= 11 is 12.2. The van der Waals surface area contributed by atoms with Crippen LogP contribution in [0.2, 0.25) is 10.0 Å². The van der Waals surface area contributed by atoms with Crippen LogP contribution in [-0.2, 0) is 0 Å². The second-order valence-electron chi connectivity index (χ2n) is 7.08. The number of carbonyl (C=O) groups excluding carboxylic acids is 1. The van der Waals surface area contributed by atoms with E-state index >= 15 is 0 Å². The molecule has 6 heteroatoms. The first kappa shape index (κ1) is 16.2. The standard InChI is InChI=1S/C18H21Cl2N3O/c1-23-12-3-2-4-13(23)8-11(7-12)21-18(24)17-9-14-15(20)5-10(19)6-16(14)22-17/h5-6,9,11-13,22H,2-4,7-8H2,1H3,(H,21,24). The Morgan fingerprint density at radius 1 is 1.21 bits per heavy atom. The number of amides is 1. The van der Waals surface area contributed by atoms with E-state index in [9.17, 15) is 4.79 Å². The smallest absolute Gasteiger partial charge is 0.267 e. The zero-order valence-corrected chi connectivity index (χ0v) is 15.1. The first-order valence-electron chi connectivity index (χ1n) is 8.52. The van der Waals surface area contributed by atoms with Crippen LogP contribution in [0, 0.1) is 0 Å². The van der Waals surface area contributed by atoms with E-state index in [1.165, 1.54) is 19.3 Å². The molecule has 2 unspecified atom stereocenters. The van der Waals surface area contributed by atoms with Crippen LogP contribution in [0.4, 0.5) is 0 Å². The minimum absolute atomic E-state index is 0.0639. The van der Waals surface area contributed by atoms with Gasteiger partial charge in [-0.15, -0.1) is 0 Å². The van der Waals surface area contributed by atoms with E-state index in [1.54, 1.807) is 18.2 Å². The average molecular weight is 366 g/mol. The van der Waals surface area contributed by atoms with Crippen molar-refractivity contribution in [3.05, 3.63) is 33.9 Å². The van der Waals surface area contributed by atoms with E-state index in [1.807, 2.05) is 0 Å². The molecule has 2 aliphatic heterocycles. The molecule has 1 aromatic carbocycles. The number of carbonyl (C=O) groups is 1. The summed E-state index contributed by atoms with van der Waals surface area (Å²) in [5, 5.41) is 5.15. The van der Waals surface area contributed by atoms with Crippen LogP contribution in [0.1, 0.15) is 42.6 Å². The Morgan fingerprint density at radius 2 is 1.92 bits per heavy atom. The second-order valence-corrected chi connectivity index (χ2v) is 7.92. The lowest BCUT2D eigenvalue weighted by Gasteiger charge is -2.47. The zero-order valence-electron chi connectivity index (χ0n) is 13.6. The first-order valence-corrected chi connectivity index (χ1v) is 9.27. The lowest BCUT2D eigenvalue weighted by atomic mass is 9.82. The Kier molecular flexibility index (Phi) is 4.23. The maximum atomic E-state index is 12.6. The van der Waals surface area contributed by atoms with E-state index in [2.05, 4.69) is 22.2 Å². The molecule has 2 fully saturated rings. The van der Waals surface area contributed by atoms with Crippen molar-refractivity contribution in [1.82, 2.24) is 15.2 Å². The molecule has 2 atom stereocenters. The van der Waals surface area contributed by atoms with E-state index in [4.69, 9.17) is 23.2 Å². The molecule has 2 N–H and O–H groups in total. The minimum atomic E-state index is -0.0639. The first-order chi connectivity index (χ1) is 11.5. The van der Waals surface area contributed by atoms with Crippen molar-refractivity contribution in [1.29, 1.82) is 0 Å². The van der Waals surface area contributed by atoms with Gasteiger partial charge in [0.1, 0.15) is 5.69 Å². The van der Waals surface area contributed by atoms with Gasteiger partial charge < -0.3 is 15.2 Å². The van der Waals surface area contributed by atoms with Crippen molar-refractivity contribution >= 4 is 40.0 Å². The summed E-state index contributed by atoms with van der Waals surface area (Å²) in [5.74, 6) is -0.0639. The molecule has 128 valence electrons. The lowest BCUT2D eigenvalue weighted by molar-refractivity contribution is 0.0462. The fourth-order valence-electron chi connectivity index (χ4n) is 4.28.